The summed E-state index contributed by atoms with van der Waals surface area (Å²) in [5, 5.41) is 3.75. The zero-order valence-electron chi connectivity index (χ0n) is 15.4. The average Bonchev–Trinajstić information content (AvgIpc) is 3.27. The summed E-state index contributed by atoms with van der Waals surface area (Å²) >= 11 is 6.33. The van der Waals surface area contributed by atoms with Gasteiger partial charge in [0.05, 0.1) is 18.6 Å². The standard InChI is InChI=1S/C21H18N2O3S2/c1-3-26-19-15(13-4-5-16-14(11-13)6-7-22-16)8-12(9-17(19)25-2)10-18-20(24)23-21(27)28-18/h4-11,22H,3H2,1-2H3,(H,23,24,27)/b18-10-. The lowest BCUT2D eigenvalue weighted by Gasteiger charge is -2.16. The minimum absolute atomic E-state index is 0.182. The first-order valence-corrected chi connectivity index (χ1v) is 9.98. The monoisotopic (exact) mass is 410 g/mol. The largest absolute Gasteiger partial charge is 0.493 e. The van der Waals surface area contributed by atoms with Crippen molar-refractivity contribution in [3.05, 3.63) is 53.1 Å². The molecule has 28 heavy (non-hydrogen) atoms. The summed E-state index contributed by atoms with van der Waals surface area (Å²) in [6.07, 6.45) is 3.73. The number of thiocarbonyl (C=S) groups is 1. The minimum Gasteiger partial charge on any atom is -0.493 e. The van der Waals surface area contributed by atoms with E-state index in [1.54, 1.807) is 7.11 Å². The number of hydrogen-bond acceptors (Lipinski definition) is 5. The number of carbonyl (C=O) groups is 1. The van der Waals surface area contributed by atoms with E-state index in [0.717, 1.165) is 27.6 Å². The van der Waals surface area contributed by atoms with E-state index in [-0.39, 0.29) is 5.91 Å². The predicted molar refractivity (Wildman–Crippen MR) is 118 cm³/mol. The van der Waals surface area contributed by atoms with Gasteiger partial charge in [0.1, 0.15) is 4.32 Å². The van der Waals surface area contributed by atoms with Crippen molar-refractivity contribution in [2.24, 2.45) is 0 Å². The van der Waals surface area contributed by atoms with Crippen LogP contribution in [0.1, 0.15) is 12.5 Å². The van der Waals surface area contributed by atoms with Crippen LogP contribution in [0.25, 0.3) is 28.1 Å². The van der Waals surface area contributed by atoms with E-state index < -0.39 is 0 Å². The van der Waals surface area contributed by atoms with Crippen LogP contribution in [0, 0.1) is 0 Å². The Balaban J connectivity index is 1.88. The van der Waals surface area contributed by atoms with Crippen LogP contribution in [0.4, 0.5) is 0 Å². The fourth-order valence-electron chi connectivity index (χ4n) is 3.16. The molecule has 0 spiro atoms. The van der Waals surface area contributed by atoms with Gasteiger partial charge >= 0.3 is 0 Å². The molecule has 7 heteroatoms. The van der Waals surface area contributed by atoms with Crippen molar-refractivity contribution in [2.75, 3.05) is 13.7 Å². The maximum absolute atomic E-state index is 12.0. The van der Waals surface area contributed by atoms with E-state index in [2.05, 4.69) is 16.4 Å². The predicted octanol–water partition coefficient (Wildman–Crippen LogP) is 4.73. The highest BCUT2D eigenvalue weighted by molar-refractivity contribution is 8.26. The molecule has 2 heterocycles. The van der Waals surface area contributed by atoms with Crippen molar-refractivity contribution in [1.29, 1.82) is 0 Å². The summed E-state index contributed by atoms with van der Waals surface area (Å²) in [6, 6.07) is 12.1. The molecule has 1 aliphatic heterocycles. The van der Waals surface area contributed by atoms with Crippen molar-refractivity contribution in [3.8, 4) is 22.6 Å². The van der Waals surface area contributed by atoms with Crippen molar-refractivity contribution >= 4 is 51.2 Å². The van der Waals surface area contributed by atoms with E-state index in [1.165, 1.54) is 11.8 Å². The summed E-state index contributed by atoms with van der Waals surface area (Å²) in [5.74, 6) is 1.12. The maximum atomic E-state index is 12.0. The van der Waals surface area contributed by atoms with Crippen molar-refractivity contribution < 1.29 is 14.3 Å². The van der Waals surface area contributed by atoms with Gasteiger partial charge in [0, 0.05) is 17.3 Å². The first kappa shape index (κ1) is 18.6. The van der Waals surface area contributed by atoms with Gasteiger partial charge in [-0.05, 0) is 59.8 Å². The minimum atomic E-state index is -0.182. The maximum Gasteiger partial charge on any atom is 0.263 e. The van der Waals surface area contributed by atoms with Gasteiger partial charge in [0.25, 0.3) is 5.91 Å². The molecule has 0 aliphatic carbocycles. The number of hydrogen-bond donors (Lipinski definition) is 2. The lowest BCUT2D eigenvalue weighted by molar-refractivity contribution is -0.115. The molecule has 142 valence electrons. The number of thioether (sulfide) groups is 1. The van der Waals surface area contributed by atoms with Gasteiger partial charge < -0.3 is 19.8 Å². The quantitative estimate of drug-likeness (QED) is 0.470. The Morgan fingerprint density at radius 1 is 1.21 bits per heavy atom. The second kappa shape index (κ2) is 7.69. The van der Waals surface area contributed by atoms with E-state index in [9.17, 15) is 4.79 Å². The number of H-pyrrole nitrogens is 1. The zero-order chi connectivity index (χ0) is 19.7. The van der Waals surface area contributed by atoms with Crippen LogP contribution >= 0.6 is 24.0 Å². The Kier molecular flexibility index (Phi) is 5.11. The number of amides is 1. The van der Waals surface area contributed by atoms with Crippen LogP contribution < -0.4 is 14.8 Å². The number of methoxy groups -OCH3 is 1. The molecule has 0 saturated carbocycles. The van der Waals surface area contributed by atoms with Crippen LogP contribution in [-0.4, -0.2) is 28.9 Å². The summed E-state index contributed by atoms with van der Waals surface area (Å²) < 4.78 is 12.0. The van der Waals surface area contributed by atoms with Crippen LogP contribution in [0.15, 0.2) is 47.5 Å². The third kappa shape index (κ3) is 3.50. The Hall–Kier alpha value is -2.77. The molecule has 1 fully saturated rings. The number of rotatable bonds is 5. The van der Waals surface area contributed by atoms with Gasteiger partial charge in [0.15, 0.2) is 11.5 Å². The van der Waals surface area contributed by atoms with Gasteiger partial charge in [-0.25, -0.2) is 0 Å². The van der Waals surface area contributed by atoms with Gasteiger partial charge in [-0.2, -0.15) is 0 Å². The molecule has 0 radical (unpaired) electrons. The molecule has 5 nitrogen and oxygen atoms in total. The molecule has 1 saturated heterocycles. The van der Waals surface area contributed by atoms with Gasteiger partial charge in [-0.3, -0.25) is 4.79 Å². The molecule has 1 aromatic heterocycles. The van der Waals surface area contributed by atoms with Gasteiger partial charge in [-0.15, -0.1) is 0 Å². The van der Waals surface area contributed by atoms with E-state index >= 15 is 0 Å². The van der Waals surface area contributed by atoms with E-state index in [0.29, 0.717) is 27.3 Å². The molecule has 0 atom stereocenters. The number of fused-ring (bicyclic) bond motifs is 1. The van der Waals surface area contributed by atoms with Crippen LogP contribution in [0.2, 0.25) is 0 Å². The zero-order valence-corrected chi connectivity index (χ0v) is 17.0. The Bertz CT molecular complexity index is 1120. The Morgan fingerprint density at radius 2 is 2.07 bits per heavy atom. The number of ether oxygens (including phenoxy) is 2. The summed E-state index contributed by atoms with van der Waals surface area (Å²) in [7, 11) is 1.61. The van der Waals surface area contributed by atoms with Crippen LogP contribution in [0.3, 0.4) is 0 Å². The van der Waals surface area contributed by atoms with E-state index in [4.69, 9.17) is 21.7 Å². The second-order valence-corrected chi connectivity index (χ2v) is 7.88. The summed E-state index contributed by atoms with van der Waals surface area (Å²) in [6.45, 7) is 2.46. The van der Waals surface area contributed by atoms with Crippen molar-refractivity contribution in [3.63, 3.8) is 0 Å². The third-order valence-corrected chi connectivity index (χ3v) is 5.55. The topological polar surface area (TPSA) is 63.4 Å². The molecule has 4 rings (SSSR count). The number of benzene rings is 2. The van der Waals surface area contributed by atoms with Crippen molar-refractivity contribution in [1.82, 2.24) is 10.3 Å². The van der Waals surface area contributed by atoms with Gasteiger partial charge in [-0.1, -0.05) is 30.0 Å². The SMILES string of the molecule is CCOc1c(OC)cc(/C=C2\SC(=S)NC2=O)cc1-c1ccc2[nH]ccc2c1. The number of nitrogens with one attached hydrogen (secondary N) is 2. The summed E-state index contributed by atoms with van der Waals surface area (Å²) in [5.41, 5.74) is 3.82. The highest BCUT2D eigenvalue weighted by atomic mass is 32.2. The van der Waals surface area contributed by atoms with Crippen LogP contribution in [-0.2, 0) is 4.79 Å². The average molecular weight is 411 g/mol. The van der Waals surface area contributed by atoms with Crippen LogP contribution in [0.5, 0.6) is 11.5 Å². The smallest absolute Gasteiger partial charge is 0.263 e. The highest BCUT2D eigenvalue weighted by Crippen LogP contribution is 2.41. The van der Waals surface area contributed by atoms with Gasteiger partial charge in [0.2, 0.25) is 0 Å². The lowest BCUT2D eigenvalue weighted by atomic mass is 9.99. The Labute approximate surface area is 172 Å². The normalized spacial score (nSPS) is 15.3. The van der Waals surface area contributed by atoms with E-state index in [1.807, 2.05) is 49.5 Å². The number of aromatic nitrogens is 1. The summed E-state index contributed by atoms with van der Waals surface area (Å²) in [4.78, 5) is 15.8. The first-order valence-electron chi connectivity index (χ1n) is 8.76. The molecular formula is C21H18N2O3S2. The molecule has 2 N–H and O–H groups in total. The molecule has 1 aliphatic rings. The fourth-order valence-corrected chi connectivity index (χ4v) is 4.20. The first-order chi connectivity index (χ1) is 13.6. The highest BCUT2D eigenvalue weighted by Gasteiger charge is 2.23. The number of aromatic amines is 1. The van der Waals surface area contributed by atoms with Crippen molar-refractivity contribution in [2.45, 2.75) is 6.92 Å². The molecule has 1 amide bonds. The fraction of sp³-hybridized carbons (Fsp3) is 0.143. The molecular weight excluding hydrogens is 392 g/mol. The molecule has 0 bridgehead atoms. The Morgan fingerprint density at radius 3 is 2.79 bits per heavy atom. The molecule has 3 aromatic rings. The molecule has 2 aromatic carbocycles. The molecule has 0 unspecified atom stereocenters. The third-order valence-electron chi connectivity index (χ3n) is 4.39. The second-order valence-electron chi connectivity index (χ2n) is 6.16. The lowest BCUT2D eigenvalue weighted by Crippen LogP contribution is -2.17. The number of carbonyl (C=O) groups excluding carboxylic acids is 1.